The number of nitrogens with zero attached hydrogens (tertiary/aromatic N) is 2. The van der Waals surface area contributed by atoms with Crippen LogP contribution in [0.5, 0.6) is 0 Å². The number of nitrogens with one attached hydrogen (secondary N) is 1. The third kappa shape index (κ3) is 7.33. The summed E-state index contributed by atoms with van der Waals surface area (Å²) < 4.78 is 32.4. The monoisotopic (exact) mass is 493 g/mol. The number of methoxy groups -OCH3 is 1. The fourth-order valence-corrected chi connectivity index (χ4v) is 4.64. The third-order valence-electron chi connectivity index (χ3n) is 5.21. The predicted molar refractivity (Wildman–Crippen MR) is 134 cm³/mol. The van der Waals surface area contributed by atoms with Gasteiger partial charge in [0.05, 0.1) is 30.3 Å². The highest BCUT2D eigenvalue weighted by Gasteiger charge is 2.26. The van der Waals surface area contributed by atoms with Gasteiger partial charge in [-0.25, -0.2) is 18.6 Å². The summed E-state index contributed by atoms with van der Waals surface area (Å²) in [7, 11) is -2.60. The Labute approximate surface area is 205 Å². The van der Waals surface area contributed by atoms with Gasteiger partial charge in [0, 0.05) is 6.54 Å². The van der Waals surface area contributed by atoms with Gasteiger partial charge in [0.1, 0.15) is 0 Å². The minimum atomic E-state index is -3.90. The van der Waals surface area contributed by atoms with Gasteiger partial charge in [-0.3, -0.25) is 4.79 Å². The van der Waals surface area contributed by atoms with Crippen LogP contribution in [0.15, 0.2) is 88.9 Å². The van der Waals surface area contributed by atoms with E-state index in [1.165, 1.54) is 25.5 Å². The van der Waals surface area contributed by atoms with Crippen LogP contribution in [0.25, 0.3) is 0 Å². The molecule has 0 heterocycles. The topological polar surface area (TPSA) is 105 Å². The fraction of sp³-hybridized carbons (Fsp3) is 0.192. The summed E-state index contributed by atoms with van der Waals surface area (Å²) in [5, 5.41) is 3.91. The summed E-state index contributed by atoms with van der Waals surface area (Å²) in [6.45, 7) is 1.62. The second-order valence-corrected chi connectivity index (χ2v) is 9.73. The second-order valence-electron chi connectivity index (χ2n) is 7.79. The molecule has 0 saturated carbocycles. The predicted octanol–water partition coefficient (Wildman–Crippen LogP) is 3.17. The Balaban J connectivity index is 1.69. The SMILES string of the molecule is COC(=O)c1ccc(/C=N\NC(=O)CN(CCc2ccccc2)S(=O)(=O)c2ccc(C)cc2)cc1. The molecule has 0 atom stereocenters. The maximum atomic E-state index is 13.3. The summed E-state index contributed by atoms with van der Waals surface area (Å²) in [5.41, 5.74) is 5.31. The largest absolute Gasteiger partial charge is 0.465 e. The van der Waals surface area contributed by atoms with Crippen molar-refractivity contribution in [1.29, 1.82) is 0 Å². The third-order valence-corrected chi connectivity index (χ3v) is 7.07. The molecule has 0 aliphatic carbocycles. The van der Waals surface area contributed by atoms with Gasteiger partial charge in [0.2, 0.25) is 10.0 Å². The zero-order chi connectivity index (χ0) is 25.3. The van der Waals surface area contributed by atoms with E-state index in [9.17, 15) is 18.0 Å². The van der Waals surface area contributed by atoms with E-state index in [0.29, 0.717) is 17.5 Å². The number of esters is 1. The van der Waals surface area contributed by atoms with Crippen molar-refractivity contribution < 1.29 is 22.7 Å². The van der Waals surface area contributed by atoms with Crippen LogP contribution in [-0.4, -0.2) is 51.0 Å². The van der Waals surface area contributed by atoms with Crippen molar-refractivity contribution in [1.82, 2.24) is 9.73 Å². The van der Waals surface area contributed by atoms with Crippen molar-refractivity contribution in [2.45, 2.75) is 18.2 Å². The fourth-order valence-electron chi connectivity index (χ4n) is 3.24. The Bertz CT molecular complexity index is 1270. The van der Waals surface area contributed by atoms with Crippen LogP contribution in [0.3, 0.4) is 0 Å². The zero-order valence-electron chi connectivity index (χ0n) is 19.5. The normalized spacial score (nSPS) is 11.5. The minimum Gasteiger partial charge on any atom is -0.465 e. The molecule has 9 heteroatoms. The Hall–Kier alpha value is -3.82. The number of hydrogen-bond acceptors (Lipinski definition) is 6. The Morgan fingerprint density at radius 1 is 0.971 bits per heavy atom. The number of hydrazone groups is 1. The first-order valence-electron chi connectivity index (χ1n) is 10.9. The number of sulfonamides is 1. The lowest BCUT2D eigenvalue weighted by Gasteiger charge is -2.21. The van der Waals surface area contributed by atoms with E-state index in [4.69, 9.17) is 0 Å². The minimum absolute atomic E-state index is 0.123. The molecule has 182 valence electrons. The van der Waals surface area contributed by atoms with E-state index in [1.54, 1.807) is 36.4 Å². The van der Waals surface area contributed by atoms with Gasteiger partial charge in [0.25, 0.3) is 5.91 Å². The van der Waals surface area contributed by atoms with E-state index in [0.717, 1.165) is 15.4 Å². The second kappa shape index (κ2) is 12.0. The first kappa shape index (κ1) is 25.8. The summed E-state index contributed by atoms with van der Waals surface area (Å²) in [4.78, 5) is 24.2. The van der Waals surface area contributed by atoms with Gasteiger partial charge in [0.15, 0.2) is 0 Å². The van der Waals surface area contributed by atoms with E-state index in [1.807, 2.05) is 37.3 Å². The Morgan fingerprint density at radius 3 is 2.26 bits per heavy atom. The molecular formula is C26H27N3O5S. The van der Waals surface area contributed by atoms with Crippen LogP contribution < -0.4 is 5.43 Å². The number of rotatable bonds is 10. The van der Waals surface area contributed by atoms with Crippen molar-refractivity contribution in [2.24, 2.45) is 5.10 Å². The molecule has 1 N–H and O–H groups in total. The van der Waals surface area contributed by atoms with E-state index >= 15 is 0 Å². The maximum Gasteiger partial charge on any atom is 0.337 e. The van der Waals surface area contributed by atoms with Crippen molar-refractivity contribution in [3.8, 4) is 0 Å². The Kier molecular flexibility index (Phi) is 8.88. The number of benzene rings is 3. The summed E-state index contributed by atoms with van der Waals surface area (Å²) in [6.07, 6.45) is 1.86. The van der Waals surface area contributed by atoms with Crippen LogP contribution in [-0.2, 0) is 26.0 Å². The molecule has 0 fully saturated rings. The summed E-state index contributed by atoms with van der Waals surface area (Å²) in [5.74, 6) is -1.02. The number of aryl methyl sites for hydroxylation is 1. The number of amides is 1. The van der Waals surface area contributed by atoms with E-state index in [-0.39, 0.29) is 18.0 Å². The van der Waals surface area contributed by atoms with Crippen LogP contribution in [0.4, 0.5) is 0 Å². The molecule has 1 amide bonds. The molecule has 3 aromatic carbocycles. The van der Waals surface area contributed by atoms with Gasteiger partial charge < -0.3 is 4.74 Å². The first-order chi connectivity index (χ1) is 16.8. The lowest BCUT2D eigenvalue weighted by molar-refractivity contribution is -0.121. The quantitative estimate of drug-likeness (QED) is 0.265. The summed E-state index contributed by atoms with van der Waals surface area (Å²) in [6, 6.07) is 22.4. The highest BCUT2D eigenvalue weighted by molar-refractivity contribution is 7.89. The first-order valence-corrected chi connectivity index (χ1v) is 12.3. The van der Waals surface area contributed by atoms with Crippen LogP contribution in [0, 0.1) is 6.92 Å². The van der Waals surface area contributed by atoms with Gasteiger partial charge in [-0.1, -0.05) is 60.2 Å². The van der Waals surface area contributed by atoms with Gasteiger partial charge in [-0.2, -0.15) is 9.41 Å². The highest BCUT2D eigenvalue weighted by atomic mass is 32.2. The van der Waals surface area contributed by atoms with Crippen molar-refractivity contribution >= 4 is 28.1 Å². The lowest BCUT2D eigenvalue weighted by Crippen LogP contribution is -2.40. The lowest BCUT2D eigenvalue weighted by atomic mass is 10.1. The average molecular weight is 494 g/mol. The molecule has 3 aromatic rings. The molecule has 8 nitrogen and oxygen atoms in total. The maximum absolute atomic E-state index is 13.3. The number of carbonyl (C=O) groups excluding carboxylic acids is 2. The summed E-state index contributed by atoms with van der Waals surface area (Å²) >= 11 is 0. The van der Waals surface area contributed by atoms with Crippen LogP contribution in [0.2, 0.25) is 0 Å². The molecule has 0 aliphatic heterocycles. The van der Waals surface area contributed by atoms with Crippen LogP contribution >= 0.6 is 0 Å². The molecular weight excluding hydrogens is 466 g/mol. The molecule has 3 rings (SSSR count). The average Bonchev–Trinajstić information content (AvgIpc) is 2.87. The highest BCUT2D eigenvalue weighted by Crippen LogP contribution is 2.17. The van der Waals surface area contributed by atoms with E-state index in [2.05, 4.69) is 15.3 Å². The van der Waals surface area contributed by atoms with Gasteiger partial charge >= 0.3 is 5.97 Å². The molecule has 0 aromatic heterocycles. The number of carbonyl (C=O) groups is 2. The number of ether oxygens (including phenoxy) is 1. The molecule has 0 unspecified atom stereocenters. The van der Waals surface area contributed by atoms with Crippen molar-refractivity contribution in [3.05, 3.63) is 101 Å². The Morgan fingerprint density at radius 2 is 1.63 bits per heavy atom. The van der Waals surface area contributed by atoms with Gasteiger partial charge in [-0.05, 0) is 48.7 Å². The standard InChI is InChI=1S/C26H27N3O5S/c1-20-8-14-24(15-9-20)35(32,33)29(17-16-21-6-4-3-5-7-21)19-25(30)28-27-18-22-10-12-23(13-11-22)26(31)34-2/h3-15,18H,16-17,19H2,1-2H3,(H,28,30)/b27-18-. The van der Waals surface area contributed by atoms with E-state index < -0.39 is 21.9 Å². The number of hydrogen-bond donors (Lipinski definition) is 1. The molecule has 0 radical (unpaired) electrons. The van der Waals surface area contributed by atoms with Crippen molar-refractivity contribution in [3.63, 3.8) is 0 Å². The molecule has 35 heavy (non-hydrogen) atoms. The molecule has 0 saturated heterocycles. The van der Waals surface area contributed by atoms with Crippen molar-refractivity contribution in [2.75, 3.05) is 20.2 Å². The van der Waals surface area contributed by atoms with Crippen LogP contribution in [0.1, 0.15) is 27.0 Å². The molecule has 0 spiro atoms. The van der Waals surface area contributed by atoms with Gasteiger partial charge in [-0.15, -0.1) is 0 Å². The smallest absolute Gasteiger partial charge is 0.337 e. The zero-order valence-corrected chi connectivity index (χ0v) is 20.4. The molecule has 0 bridgehead atoms. The molecule has 0 aliphatic rings.